The topological polar surface area (TPSA) is 111 Å². The molecule has 2 N–H and O–H groups in total. The van der Waals surface area contributed by atoms with Gasteiger partial charge in [-0.05, 0) is 23.8 Å². The Morgan fingerprint density at radius 2 is 1.84 bits per heavy atom. The van der Waals surface area contributed by atoms with Crippen molar-refractivity contribution in [2.75, 3.05) is 6.79 Å². The lowest BCUT2D eigenvalue weighted by Gasteiger charge is -2.14. The molecule has 0 aliphatic carbocycles. The second-order valence-corrected chi connectivity index (χ2v) is 8.81. The minimum absolute atomic E-state index is 0.0346. The van der Waals surface area contributed by atoms with Crippen molar-refractivity contribution in [3.8, 4) is 11.5 Å². The maximum Gasteiger partial charge on any atom is 0.355 e. The van der Waals surface area contributed by atoms with Crippen LogP contribution in [-0.2, 0) is 6.54 Å². The number of hydrogen-bond donors (Lipinski definition) is 2. The van der Waals surface area contributed by atoms with Gasteiger partial charge in [0, 0.05) is 21.9 Å². The van der Waals surface area contributed by atoms with Crippen molar-refractivity contribution in [1.29, 1.82) is 0 Å². The molecule has 3 aromatic rings. The number of halogens is 1. The number of aromatic nitrogens is 2. The van der Waals surface area contributed by atoms with Crippen LogP contribution >= 0.6 is 23.4 Å². The van der Waals surface area contributed by atoms with Crippen molar-refractivity contribution >= 4 is 35.3 Å². The molecule has 0 saturated heterocycles. The third kappa shape index (κ3) is 4.13. The zero-order valence-corrected chi connectivity index (χ0v) is 18.7. The zero-order valence-electron chi connectivity index (χ0n) is 17.2. The highest BCUT2D eigenvalue weighted by Gasteiger charge is 2.27. The highest BCUT2D eigenvalue weighted by atomic mass is 35.5. The highest BCUT2D eigenvalue weighted by Crippen LogP contribution is 2.39. The van der Waals surface area contributed by atoms with Crippen LogP contribution in [0, 0.1) is 0 Å². The molecule has 8 nitrogen and oxygen atoms in total. The lowest BCUT2D eigenvalue weighted by molar-refractivity contribution is 0.0675. The number of benzene rings is 2. The molecule has 166 valence electrons. The quantitative estimate of drug-likeness (QED) is 0.493. The molecule has 1 aromatic heterocycles. The van der Waals surface area contributed by atoms with E-state index in [-0.39, 0.29) is 35.5 Å². The molecule has 1 aliphatic rings. The first-order valence-corrected chi connectivity index (χ1v) is 10.9. The summed E-state index contributed by atoms with van der Waals surface area (Å²) in [7, 11) is 0. The number of aromatic carboxylic acids is 2. The van der Waals surface area contributed by atoms with Gasteiger partial charge in [-0.2, -0.15) is 0 Å². The fourth-order valence-electron chi connectivity index (χ4n) is 3.41. The molecule has 0 atom stereocenters. The Hall–Kier alpha value is -3.17. The molecule has 0 spiro atoms. The van der Waals surface area contributed by atoms with E-state index in [1.54, 1.807) is 34.9 Å². The Morgan fingerprint density at radius 1 is 1.16 bits per heavy atom. The van der Waals surface area contributed by atoms with Gasteiger partial charge >= 0.3 is 11.9 Å². The van der Waals surface area contributed by atoms with E-state index in [0.717, 1.165) is 11.8 Å². The molecule has 0 amide bonds. The second-order valence-electron chi connectivity index (χ2n) is 7.37. The third-order valence-corrected chi connectivity index (χ3v) is 6.28. The average molecular weight is 475 g/mol. The van der Waals surface area contributed by atoms with Gasteiger partial charge in [0.1, 0.15) is 10.9 Å². The first-order valence-electron chi connectivity index (χ1n) is 9.68. The number of nitrogens with zero attached hydrogens (tertiary/aromatic N) is 2. The first-order chi connectivity index (χ1) is 15.3. The molecule has 0 unspecified atom stereocenters. The smallest absolute Gasteiger partial charge is 0.355 e. The summed E-state index contributed by atoms with van der Waals surface area (Å²) in [6.07, 6.45) is 0. The minimum atomic E-state index is -1.17. The van der Waals surface area contributed by atoms with Crippen molar-refractivity contribution in [3.05, 3.63) is 64.1 Å². The van der Waals surface area contributed by atoms with E-state index in [1.807, 2.05) is 13.8 Å². The van der Waals surface area contributed by atoms with Gasteiger partial charge in [0.25, 0.3) is 0 Å². The second kappa shape index (κ2) is 8.76. The summed E-state index contributed by atoms with van der Waals surface area (Å²) in [4.78, 5) is 28.9. The van der Waals surface area contributed by atoms with E-state index in [4.69, 9.17) is 21.1 Å². The lowest BCUT2D eigenvalue weighted by atomic mass is 10.1. The third-order valence-electron chi connectivity index (χ3n) is 4.88. The van der Waals surface area contributed by atoms with E-state index >= 15 is 0 Å². The molecule has 0 bridgehead atoms. The number of rotatable bonds is 7. The summed E-state index contributed by atoms with van der Waals surface area (Å²) in [5, 5.41) is 20.1. The van der Waals surface area contributed by atoms with Crippen LogP contribution in [0.3, 0.4) is 0 Å². The Bertz CT molecular complexity index is 1220. The first kappa shape index (κ1) is 22.0. The molecular formula is C22H19ClN2O6S. The van der Waals surface area contributed by atoms with E-state index in [1.165, 1.54) is 6.07 Å². The standard InChI is InChI=1S/C22H19ClN2O6S/c1-11(2)19-24-20(32-17-6-4-3-5-13(17)21(26)27)18(22(28)29)25(19)9-12-7-15-16(8-14(12)23)31-10-30-15/h3-8,11H,9-10H2,1-2H3,(H,26,27)(H,28,29). The maximum absolute atomic E-state index is 12.3. The Balaban J connectivity index is 1.81. The van der Waals surface area contributed by atoms with Crippen molar-refractivity contribution in [3.63, 3.8) is 0 Å². The van der Waals surface area contributed by atoms with Crippen LogP contribution in [-0.4, -0.2) is 38.5 Å². The van der Waals surface area contributed by atoms with Gasteiger partial charge in [-0.25, -0.2) is 14.6 Å². The molecule has 2 heterocycles. The van der Waals surface area contributed by atoms with Crippen LogP contribution in [0.25, 0.3) is 0 Å². The summed E-state index contributed by atoms with van der Waals surface area (Å²) in [5.41, 5.74) is 0.695. The summed E-state index contributed by atoms with van der Waals surface area (Å²) in [5.74, 6) is -0.737. The number of carboxylic acid groups (broad SMARTS) is 2. The van der Waals surface area contributed by atoms with E-state index in [9.17, 15) is 19.8 Å². The number of carbonyl (C=O) groups is 2. The number of fused-ring (bicyclic) bond motifs is 1. The highest BCUT2D eigenvalue weighted by molar-refractivity contribution is 7.99. The molecule has 0 fully saturated rings. The van der Waals surface area contributed by atoms with E-state index in [0.29, 0.717) is 32.8 Å². The monoisotopic (exact) mass is 474 g/mol. The van der Waals surface area contributed by atoms with Crippen LogP contribution < -0.4 is 9.47 Å². The number of ether oxygens (including phenoxy) is 2. The summed E-state index contributed by atoms with van der Waals surface area (Å²) in [6.45, 7) is 4.07. The summed E-state index contributed by atoms with van der Waals surface area (Å²) >= 11 is 7.44. The van der Waals surface area contributed by atoms with Crippen molar-refractivity contribution in [2.24, 2.45) is 0 Å². The predicted molar refractivity (Wildman–Crippen MR) is 117 cm³/mol. The Labute approximate surface area is 192 Å². The lowest BCUT2D eigenvalue weighted by Crippen LogP contribution is -2.14. The normalized spacial score (nSPS) is 12.4. The number of imidazole rings is 1. The van der Waals surface area contributed by atoms with Crippen LogP contribution in [0.4, 0.5) is 0 Å². The molecule has 10 heteroatoms. The summed E-state index contributed by atoms with van der Waals surface area (Å²) in [6, 6.07) is 9.78. The largest absolute Gasteiger partial charge is 0.478 e. The Morgan fingerprint density at radius 3 is 2.50 bits per heavy atom. The van der Waals surface area contributed by atoms with Crippen molar-refractivity contribution in [1.82, 2.24) is 9.55 Å². The number of hydrogen-bond acceptors (Lipinski definition) is 6. The van der Waals surface area contributed by atoms with Gasteiger partial charge in [0.15, 0.2) is 17.2 Å². The average Bonchev–Trinajstić information content (AvgIpc) is 3.32. The SMILES string of the molecule is CC(C)c1nc(Sc2ccccc2C(=O)O)c(C(=O)O)n1Cc1cc2c(cc1Cl)OCO2. The minimum Gasteiger partial charge on any atom is -0.478 e. The van der Waals surface area contributed by atoms with Gasteiger partial charge in [0.05, 0.1) is 12.1 Å². The summed E-state index contributed by atoms with van der Waals surface area (Å²) < 4.78 is 12.4. The van der Waals surface area contributed by atoms with Gasteiger partial charge in [-0.1, -0.05) is 49.3 Å². The van der Waals surface area contributed by atoms with Gasteiger partial charge in [-0.15, -0.1) is 0 Å². The van der Waals surface area contributed by atoms with E-state index < -0.39 is 11.9 Å². The Kier molecular flexibility index (Phi) is 6.03. The fourth-order valence-corrected chi connectivity index (χ4v) is 4.68. The van der Waals surface area contributed by atoms with Crippen molar-refractivity contribution < 1.29 is 29.3 Å². The molecule has 1 aliphatic heterocycles. The van der Waals surface area contributed by atoms with Crippen LogP contribution in [0.5, 0.6) is 11.5 Å². The maximum atomic E-state index is 12.3. The molecular weight excluding hydrogens is 456 g/mol. The van der Waals surface area contributed by atoms with Gasteiger partial charge in [-0.3, -0.25) is 0 Å². The molecule has 2 aromatic carbocycles. The predicted octanol–water partition coefficient (Wildman–Crippen LogP) is 4.98. The van der Waals surface area contributed by atoms with Gasteiger partial charge < -0.3 is 24.3 Å². The zero-order chi connectivity index (χ0) is 23.0. The van der Waals surface area contributed by atoms with Crippen molar-refractivity contribution in [2.45, 2.75) is 36.2 Å². The fraction of sp³-hybridized carbons (Fsp3) is 0.227. The van der Waals surface area contributed by atoms with Crippen LogP contribution in [0.15, 0.2) is 46.3 Å². The molecule has 32 heavy (non-hydrogen) atoms. The van der Waals surface area contributed by atoms with Gasteiger partial charge in [0.2, 0.25) is 6.79 Å². The molecule has 0 radical (unpaired) electrons. The molecule has 0 saturated carbocycles. The van der Waals surface area contributed by atoms with Crippen LogP contribution in [0.1, 0.15) is 52.0 Å². The van der Waals surface area contributed by atoms with E-state index in [2.05, 4.69) is 4.98 Å². The molecule has 4 rings (SSSR count). The number of carboxylic acids is 2. The van der Waals surface area contributed by atoms with Crippen LogP contribution in [0.2, 0.25) is 5.02 Å².